The van der Waals surface area contributed by atoms with Gasteiger partial charge >= 0.3 is 5.97 Å². The maximum Gasteiger partial charge on any atom is 0.306 e. The van der Waals surface area contributed by atoms with Gasteiger partial charge in [-0.05, 0) is 25.7 Å². The number of hydrogen-bond donors (Lipinski definition) is 1. The predicted octanol–water partition coefficient (Wildman–Crippen LogP) is 2.61. The zero-order chi connectivity index (χ0) is 12.1. The van der Waals surface area contributed by atoms with Crippen molar-refractivity contribution in [3.05, 3.63) is 0 Å². The van der Waals surface area contributed by atoms with E-state index in [4.69, 9.17) is 5.11 Å². The summed E-state index contributed by atoms with van der Waals surface area (Å²) < 4.78 is 0. The summed E-state index contributed by atoms with van der Waals surface area (Å²) in [6, 6.07) is 0.629. The second-order valence-electron chi connectivity index (χ2n) is 5.25. The molecule has 1 saturated heterocycles. The Morgan fingerprint density at radius 3 is 2.50 bits per heavy atom. The van der Waals surface area contributed by atoms with Crippen LogP contribution in [0.15, 0.2) is 0 Å². The van der Waals surface area contributed by atoms with Crippen LogP contribution in [0.5, 0.6) is 0 Å². The van der Waals surface area contributed by atoms with E-state index >= 15 is 0 Å². The van der Waals surface area contributed by atoms with Gasteiger partial charge < -0.3 is 10.0 Å². The Morgan fingerprint density at radius 1 is 1.38 bits per heavy atom. The van der Waals surface area contributed by atoms with E-state index in [1.54, 1.807) is 6.92 Å². The molecule has 16 heavy (non-hydrogen) atoms. The first-order valence-corrected chi connectivity index (χ1v) is 6.51. The predicted molar refractivity (Wildman–Crippen MR) is 65.5 cm³/mol. The summed E-state index contributed by atoms with van der Waals surface area (Å²) in [6.07, 6.45) is 4.26. The van der Waals surface area contributed by atoms with Crippen molar-refractivity contribution < 1.29 is 9.90 Å². The Bertz CT molecular complexity index is 224. The Morgan fingerprint density at radius 2 is 2.00 bits per heavy atom. The molecule has 0 aliphatic carbocycles. The van der Waals surface area contributed by atoms with Crippen LogP contribution in [0.4, 0.5) is 0 Å². The maximum absolute atomic E-state index is 10.6. The SMILES string of the molecule is CCC1CN(C(C)CCCC(C)C(=O)O)C1. The van der Waals surface area contributed by atoms with Crippen LogP contribution in [0.3, 0.4) is 0 Å². The third-order valence-electron chi connectivity index (χ3n) is 3.87. The summed E-state index contributed by atoms with van der Waals surface area (Å²) in [5, 5.41) is 8.77. The van der Waals surface area contributed by atoms with Gasteiger partial charge in [-0.3, -0.25) is 4.79 Å². The van der Waals surface area contributed by atoms with E-state index in [1.807, 2.05) is 0 Å². The Labute approximate surface area is 98.8 Å². The zero-order valence-corrected chi connectivity index (χ0v) is 10.8. The summed E-state index contributed by atoms with van der Waals surface area (Å²) in [5.41, 5.74) is 0. The minimum atomic E-state index is -0.664. The van der Waals surface area contributed by atoms with Crippen molar-refractivity contribution in [3.8, 4) is 0 Å². The number of carbonyl (C=O) groups is 1. The first-order valence-electron chi connectivity index (χ1n) is 6.51. The van der Waals surface area contributed by atoms with Crippen LogP contribution in [-0.2, 0) is 4.79 Å². The largest absolute Gasteiger partial charge is 0.481 e. The number of carboxylic acids is 1. The normalized spacial score (nSPS) is 21.4. The Balaban J connectivity index is 2.07. The lowest BCUT2D eigenvalue weighted by atomic mass is 9.93. The summed E-state index contributed by atoms with van der Waals surface area (Å²) >= 11 is 0. The second-order valence-corrected chi connectivity index (χ2v) is 5.25. The number of aliphatic carboxylic acids is 1. The molecule has 0 aromatic heterocycles. The zero-order valence-electron chi connectivity index (χ0n) is 10.8. The van der Waals surface area contributed by atoms with E-state index < -0.39 is 5.97 Å². The van der Waals surface area contributed by atoms with E-state index in [9.17, 15) is 4.79 Å². The van der Waals surface area contributed by atoms with Crippen molar-refractivity contribution in [3.63, 3.8) is 0 Å². The van der Waals surface area contributed by atoms with Crippen molar-refractivity contribution in [2.75, 3.05) is 13.1 Å². The van der Waals surface area contributed by atoms with Gasteiger partial charge in [0.1, 0.15) is 0 Å². The molecule has 0 radical (unpaired) electrons. The average molecular weight is 227 g/mol. The van der Waals surface area contributed by atoms with Crippen molar-refractivity contribution >= 4 is 5.97 Å². The highest BCUT2D eigenvalue weighted by Gasteiger charge is 2.28. The first kappa shape index (κ1) is 13.5. The Kier molecular flexibility index (Phi) is 5.26. The van der Waals surface area contributed by atoms with E-state index in [0.29, 0.717) is 6.04 Å². The highest BCUT2D eigenvalue weighted by Crippen LogP contribution is 2.23. The molecular formula is C13H25NO2. The molecule has 0 aromatic rings. The van der Waals surface area contributed by atoms with Crippen LogP contribution >= 0.6 is 0 Å². The molecule has 0 bridgehead atoms. The van der Waals surface area contributed by atoms with Gasteiger partial charge in [0.2, 0.25) is 0 Å². The second kappa shape index (κ2) is 6.24. The van der Waals surface area contributed by atoms with E-state index in [0.717, 1.165) is 25.2 Å². The quantitative estimate of drug-likeness (QED) is 0.727. The average Bonchev–Trinajstić information content (AvgIpc) is 2.15. The van der Waals surface area contributed by atoms with Crippen LogP contribution in [0, 0.1) is 11.8 Å². The fourth-order valence-corrected chi connectivity index (χ4v) is 2.25. The molecule has 1 aliphatic rings. The molecule has 0 spiro atoms. The van der Waals surface area contributed by atoms with E-state index in [2.05, 4.69) is 18.7 Å². The lowest BCUT2D eigenvalue weighted by molar-refractivity contribution is -0.141. The molecule has 1 N–H and O–H groups in total. The topological polar surface area (TPSA) is 40.5 Å². The molecule has 2 unspecified atom stereocenters. The van der Waals surface area contributed by atoms with Crippen LogP contribution < -0.4 is 0 Å². The van der Waals surface area contributed by atoms with Gasteiger partial charge in [0.05, 0.1) is 5.92 Å². The molecule has 1 rings (SSSR count). The standard InChI is InChI=1S/C13H25NO2/c1-4-12-8-14(9-12)11(3)7-5-6-10(2)13(15)16/h10-12H,4-9H2,1-3H3,(H,15,16). The highest BCUT2D eigenvalue weighted by molar-refractivity contribution is 5.69. The molecule has 2 atom stereocenters. The highest BCUT2D eigenvalue weighted by atomic mass is 16.4. The van der Waals surface area contributed by atoms with Crippen LogP contribution in [-0.4, -0.2) is 35.1 Å². The smallest absolute Gasteiger partial charge is 0.306 e. The number of carboxylic acid groups (broad SMARTS) is 1. The number of nitrogens with zero attached hydrogens (tertiary/aromatic N) is 1. The molecule has 1 aliphatic heterocycles. The lowest BCUT2D eigenvalue weighted by Gasteiger charge is -2.43. The Hall–Kier alpha value is -0.570. The van der Waals surface area contributed by atoms with Crippen molar-refractivity contribution in [2.45, 2.75) is 52.5 Å². The summed E-state index contributed by atoms with van der Waals surface area (Å²) in [5.74, 6) is 0.0509. The molecular weight excluding hydrogens is 202 g/mol. The molecule has 0 aromatic carbocycles. The van der Waals surface area contributed by atoms with Gasteiger partial charge in [-0.1, -0.05) is 26.7 Å². The van der Waals surface area contributed by atoms with Crippen LogP contribution in [0.25, 0.3) is 0 Å². The van der Waals surface area contributed by atoms with Gasteiger partial charge in [0, 0.05) is 19.1 Å². The molecule has 1 heterocycles. The molecule has 94 valence electrons. The van der Waals surface area contributed by atoms with E-state index in [1.165, 1.54) is 19.5 Å². The summed E-state index contributed by atoms with van der Waals surface area (Å²) in [7, 11) is 0. The van der Waals surface area contributed by atoms with E-state index in [-0.39, 0.29) is 5.92 Å². The van der Waals surface area contributed by atoms with Gasteiger partial charge in [-0.25, -0.2) is 0 Å². The summed E-state index contributed by atoms with van der Waals surface area (Å²) in [4.78, 5) is 13.2. The minimum Gasteiger partial charge on any atom is -0.481 e. The lowest BCUT2D eigenvalue weighted by Crippen LogP contribution is -2.50. The molecule has 0 amide bonds. The fourth-order valence-electron chi connectivity index (χ4n) is 2.25. The van der Waals surface area contributed by atoms with Gasteiger partial charge in [-0.15, -0.1) is 0 Å². The monoisotopic (exact) mass is 227 g/mol. The number of likely N-dealkylation sites (tertiary alicyclic amines) is 1. The summed E-state index contributed by atoms with van der Waals surface area (Å²) in [6.45, 7) is 8.79. The van der Waals surface area contributed by atoms with Crippen molar-refractivity contribution in [2.24, 2.45) is 11.8 Å². The maximum atomic E-state index is 10.6. The first-order chi connectivity index (χ1) is 7.54. The molecule has 0 saturated carbocycles. The van der Waals surface area contributed by atoms with Crippen molar-refractivity contribution in [1.29, 1.82) is 0 Å². The van der Waals surface area contributed by atoms with Crippen LogP contribution in [0.1, 0.15) is 46.5 Å². The van der Waals surface area contributed by atoms with Gasteiger partial charge in [-0.2, -0.15) is 0 Å². The third-order valence-corrected chi connectivity index (χ3v) is 3.87. The number of hydrogen-bond acceptors (Lipinski definition) is 2. The third kappa shape index (κ3) is 3.78. The molecule has 3 heteroatoms. The van der Waals surface area contributed by atoms with Gasteiger partial charge in [0.25, 0.3) is 0 Å². The van der Waals surface area contributed by atoms with Crippen LogP contribution in [0.2, 0.25) is 0 Å². The number of rotatable bonds is 7. The minimum absolute atomic E-state index is 0.188. The molecule has 1 fully saturated rings. The van der Waals surface area contributed by atoms with Gasteiger partial charge in [0.15, 0.2) is 0 Å². The van der Waals surface area contributed by atoms with Crippen molar-refractivity contribution in [1.82, 2.24) is 4.90 Å². The fraction of sp³-hybridized carbons (Fsp3) is 0.923. The molecule has 3 nitrogen and oxygen atoms in total.